The minimum atomic E-state index is -0.884. The van der Waals surface area contributed by atoms with Crippen LogP contribution in [-0.4, -0.2) is 98.2 Å². The van der Waals surface area contributed by atoms with Gasteiger partial charge in [0.05, 0.1) is 16.5 Å². The number of aromatic hydroxyl groups is 1. The summed E-state index contributed by atoms with van der Waals surface area (Å²) >= 11 is 0. The van der Waals surface area contributed by atoms with Crippen LogP contribution in [0.2, 0.25) is 0 Å². The van der Waals surface area contributed by atoms with Gasteiger partial charge in [-0.1, -0.05) is 12.0 Å². The van der Waals surface area contributed by atoms with Gasteiger partial charge in [0, 0.05) is 42.3 Å². The molecule has 9 rings (SSSR count). The molecule has 52 heavy (non-hydrogen) atoms. The van der Waals surface area contributed by atoms with Crippen molar-refractivity contribution in [2.45, 2.75) is 76.1 Å². The van der Waals surface area contributed by atoms with E-state index in [9.17, 15) is 19.1 Å². The number of carbonyl (C=O) groups is 2. The van der Waals surface area contributed by atoms with Crippen molar-refractivity contribution in [3.8, 4) is 35.4 Å². The van der Waals surface area contributed by atoms with Crippen molar-refractivity contribution in [1.29, 1.82) is 0 Å². The summed E-state index contributed by atoms with van der Waals surface area (Å²) in [6, 6.07) is 5.13. The molecule has 2 aromatic heterocycles. The summed E-state index contributed by atoms with van der Waals surface area (Å²) in [7, 11) is 0. The fourth-order valence-corrected chi connectivity index (χ4v) is 9.31. The van der Waals surface area contributed by atoms with Gasteiger partial charge in [-0.15, -0.1) is 6.42 Å². The molecule has 0 saturated carbocycles. The van der Waals surface area contributed by atoms with Gasteiger partial charge in [-0.25, -0.2) is 8.78 Å². The Morgan fingerprint density at radius 3 is 2.52 bits per heavy atom. The number of phenols is 1. The number of hydrogen-bond acceptors (Lipinski definition) is 10. The number of amides is 1. The van der Waals surface area contributed by atoms with Crippen molar-refractivity contribution in [1.82, 2.24) is 24.8 Å². The molecule has 2 aromatic carbocycles. The van der Waals surface area contributed by atoms with Crippen molar-refractivity contribution in [2.24, 2.45) is 5.41 Å². The Kier molecular flexibility index (Phi) is 7.39. The molecular weight excluding hydrogens is 670 g/mol. The number of fused-ring (bicyclic) bond motifs is 5. The summed E-state index contributed by atoms with van der Waals surface area (Å²) in [5.41, 5.74) is -1.13. The van der Waals surface area contributed by atoms with E-state index in [0.29, 0.717) is 36.3 Å². The van der Waals surface area contributed by atoms with E-state index in [1.54, 1.807) is 13.8 Å². The number of piperazine rings is 1. The van der Waals surface area contributed by atoms with E-state index in [0.717, 1.165) is 51.6 Å². The molecule has 1 N–H and O–H groups in total. The van der Waals surface area contributed by atoms with Gasteiger partial charge in [0.15, 0.2) is 11.9 Å². The number of benzene rings is 2. The third-order valence-corrected chi connectivity index (χ3v) is 12.0. The largest absolute Gasteiger partial charge is 0.508 e. The Balaban J connectivity index is 1.13. The molecule has 2 bridgehead atoms. The fraction of sp³-hybridized carbons (Fsp3) is 0.462. The second-order valence-corrected chi connectivity index (χ2v) is 15.4. The molecule has 7 heterocycles. The number of phenolic OH excluding ortho intramolecular Hbond substituents is 1. The van der Waals surface area contributed by atoms with E-state index in [2.05, 4.69) is 20.8 Å². The molecule has 0 radical (unpaired) electrons. The average Bonchev–Trinajstić information content (AvgIpc) is 3.79. The number of esters is 1. The lowest BCUT2D eigenvalue weighted by Gasteiger charge is -2.47. The quantitative estimate of drug-likeness (QED) is 0.218. The molecule has 13 heteroatoms. The highest BCUT2D eigenvalue weighted by molar-refractivity contribution is 6.03. The van der Waals surface area contributed by atoms with Crippen molar-refractivity contribution >= 4 is 39.4 Å². The predicted molar refractivity (Wildman–Crippen MR) is 188 cm³/mol. The molecule has 0 spiro atoms. The number of halogens is 2. The van der Waals surface area contributed by atoms with Crippen molar-refractivity contribution in [3.05, 3.63) is 47.7 Å². The number of ether oxygens (including phenoxy) is 2. The monoisotopic (exact) mass is 708 g/mol. The van der Waals surface area contributed by atoms with Gasteiger partial charge >= 0.3 is 12.0 Å². The van der Waals surface area contributed by atoms with Crippen LogP contribution in [0.1, 0.15) is 57.9 Å². The van der Waals surface area contributed by atoms with Gasteiger partial charge in [0.1, 0.15) is 40.6 Å². The molecule has 5 aliphatic heterocycles. The standard InChI is InChI=1S/C39H38F2N6O5/c1-4-25-28(40)10-7-21-15-24(48)16-26(29(21)25)31-30(41)32-27(17-42-31)34(44-37(43-32)51-20-39-11-5-13-46(39)14-6-12-39)45-18-22-8-9-23(19-45)47(22)35(49)33-38(2,3)36(50)52-33/h1,7,10,15-17,22-23,33,48H,5-6,8-9,11-14,18-20H2,2-3H3/t22-,23+,33-/m0/s1. The summed E-state index contributed by atoms with van der Waals surface area (Å²) < 4.78 is 43.7. The van der Waals surface area contributed by atoms with E-state index in [1.807, 2.05) is 9.80 Å². The van der Waals surface area contributed by atoms with E-state index in [1.165, 1.54) is 30.5 Å². The number of hydrogen-bond donors (Lipinski definition) is 1. The highest BCUT2D eigenvalue weighted by atomic mass is 19.1. The first-order valence-electron chi connectivity index (χ1n) is 17.9. The SMILES string of the molecule is C#Cc1c(F)ccc2cc(O)cc(-c3ncc4c(N5C[C@H]6CC[C@@H](C5)N6C(=O)[C@@H]5OC(=O)C5(C)C)nc(OCC56CCCN5CCC6)nc4c3F)c12. The Hall–Kier alpha value is -5.09. The maximum absolute atomic E-state index is 17.0. The topological polar surface area (TPSA) is 121 Å². The Morgan fingerprint density at radius 1 is 1.12 bits per heavy atom. The Morgan fingerprint density at radius 2 is 1.85 bits per heavy atom. The zero-order chi connectivity index (χ0) is 36.1. The summed E-state index contributed by atoms with van der Waals surface area (Å²) in [6.07, 6.45) is 12.1. The van der Waals surface area contributed by atoms with E-state index >= 15 is 4.39 Å². The van der Waals surface area contributed by atoms with Crippen LogP contribution in [0.3, 0.4) is 0 Å². The molecular formula is C39H38F2N6O5. The van der Waals surface area contributed by atoms with E-state index in [4.69, 9.17) is 20.9 Å². The first-order valence-corrected chi connectivity index (χ1v) is 17.9. The van der Waals surface area contributed by atoms with Crippen LogP contribution in [-0.2, 0) is 14.3 Å². The maximum Gasteiger partial charge on any atom is 0.319 e. The minimum absolute atomic E-state index is 0.0248. The van der Waals surface area contributed by atoms with Crippen LogP contribution >= 0.6 is 0 Å². The van der Waals surface area contributed by atoms with Gasteiger partial charge < -0.3 is 24.4 Å². The zero-order valence-corrected chi connectivity index (χ0v) is 29.0. The highest BCUT2D eigenvalue weighted by Gasteiger charge is 2.58. The van der Waals surface area contributed by atoms with Crippen molar-refractivity contribution in [3.63, 3.8) is 0 Å². The number of cyclic esters (lactones) is 1. The second kappa shape index (κ2) is 11.7. The third-order valence-electron chi connectivity index (χ3n) is 12.0. The lowest BCUT2D eigenvalue weighted by Crippen LogP contribution is -2.65. The summed E-state index contributed by atoms with van der Waals surface area (Å²) in [5, 5.41) is 11.6. The van der Waals surface area contributed by atoms with Crippen LogP contribution in [0.25, 0.3) is 32.9 Å². The number of carbonyl (C=O) groups excluding carboxylic acids is 2. The normalized spacial score (nSPS) is 24.5. The third kappa shape index (κ3) is 4.83. The zero-order valence-electron chi connectivity index (χ0n) is 29.0. The number of rotatable bonds is 6. The number of nitrogens with zero attached hydrogens (tertiary/aromatic N) is 6. The smallest absolute Gasteiger partial charge is 0.319 e. The summed E-state index contributed by atoms with van der Waals surface area (Å²) in [5.74, 6) is 0.625. The van der Waals surface area contributed by atoms with Gasteiger partial charge in [0.2, 0.25) is 0 Å². The lowest BCUT2D eigenvalue weighted by atomic mass is 9.80. The molecule has 268 valence electrons. The van der Waals surface area contributed by atoms with Crippen LogP contribution < -0.4 is 9.64 Å². The van der Waals surface area contributed by atoms with Crippen molar-refractivity contribution in [2.75, 3.05) is 37.7 Å². The first-order chi connectivity index (χ1) is 25.0. The van der Waals surface area contributed by atoms with E-state index in [-0.39, 0.29) is 69.0 Å². The van der Waals surface area contributed by atoms with Crippen LogP contribution in [0.5, 0.6) is 11.8 Å². The van der Waals surface area contributed by atoms with Crippen LogP contribution in [0.4, 0.5) is 14.6 Å². The molecule has 0 aliphatic carbocycles. The molecule has 5 aliphatic rings. The van der Waals surface area contributed by atoms with Crippen LogP contribution in [0.15, 0.2) is 30.5 Å². The highest BCUT2D eigenvalue weighted by Crippen LogP contribution is 2.44. The molecule has 0 unspecified atom stereocenters. The van der Waals surface area contributed by atoms with Crippen molar-refractivity contribution < 1.29 is 33.0 Å². The number of anilines is 1. The van der Waals surface area contributed by atoms with Crippen LogP contribution in [0, 0.1) is 29.4 Å². The summed E-state index contributed by atoms with van der Waals surface area (Å²) in [4.78, 5) is 46.2. The molecule has 5 fully saturated rings. The number of pyridine rings is 1. The maximum atomic E-state index is 17.0. The van der Waals surface area contributed by atoms with Gasteiger partial charge in [0.25, 0.3) is 5.91 Å². The fourth-order valence-electron chi connectivity index (χ4n) is 9.31. The molecule has 4 aromatic rings. The minimum Gasteiger partial charge on any atom is -0.508 e. The van der Waals surface area contributed by atoms with E-state index < -0.39 is 23.2 Å². The lowest BCUT2D eigenvalue weighted by molar-refractivity contribution is -0.207. The van der Waals surface area contributed by atoms with Gasteiger partial charge in [-0.3, -0.25) is 19.5 Å². The molecule has 11 nitrogen and oxygen atoms in total. The summed E-state index contributed by atoms with van der Waals surface area (Å²) in [6.45, 7) is 6.67. The molecule has 5 saturated heterocycles. The molecule has 1 amide bonds. The number of terminal acetylenes is 1. The van der Waals surface area contributed by atoms with Gasteiger partial charge in [-0.05, 0) is 89.0 Å². The predicted octanol–water partition coefficient (Wildman–Crippen LogP) is 4.95. The average molecular weight is 709 g/mol. The van der Waals surface area contributed by atoms with Gasteiger partial charge in [-0.2, -0.15) is 9.97 Å². The first kappa shape index (κ1) is 32.8. The Labute approximate surface area is 298 Å². The number of aromatic nitrogens is 3. The Bertz CT molecular complexity index is 2220. The molecule has 3 atom stereocenters. The second-order valence-electron chi connectivity index (χ2n) is 15.4.